The number of aryl methyl sites for hydroxylation is 1. The normalized spacial score (nSPS) is 10.9. The second kappa shape index (κ2) is 3.78. The first-order valence-corrected chi connectivity index (χ1v) is 5.98. The highest BCUT2D eigenvalue weighted by molar-refractivity contribution is 7.16. The molecule has 3 rings (SSSR count). The first-order chi connectivity index (χ1) is 8.25. The van der Waals surface area contributed by atoms with Gasteiger partial charge in [-0.3, -0.25) is 9.36 Å². The summed E-state index contributed by atoms with van der Waals surface area (Å²) in [4.78, 5) is 20.4. The quantitative estimate of drug-likeness (QED) is 0.658. The first kappa shape index (κ1) is 10.2. The summed E-state index contributed by atoms with van der Waals surface area (Å²) in [6, 6.07) is 9.51. The maximum Gasteiger partial charge on any atom is 0.314 e. The molecule has 0 unspecified atom stereocenters. The molecule has 0 aliphatic carbocycles. The van der Waals surface area contributed by atoms with Gasteiger partial charge in [0.25, 0.3) is 0 Å². The van der Waals surface area contributed by atoms with E-state index in [1.54, 1.807) is 10.8 Å². The van der Waals surface area contributed by atoms with E-state index in [1.807, 2.05) is 37.3 Å². The molecule has 0 bridgehead atoms. The van der Waals surface area contributed by atoms with Gasteiger partial charge in [0.2, 0.25) is 0 Å². The molecule has 0 fully saturated rings. The van der Waals surface area contributed by atoms with Crippen molar-refractivity contribution in [3.8, 4) is 5.69 Å². The average molecular weight is 243 g/mol. The zero-order valence-corrected chi connectivity index (χ0v) is 9.94. The summed E-state index contributed by atoms with van der Waals surface area (Å²) in [6.45, 7) is 1.82. The van der Waals surface area contributed by atoms with Crippen molar-refractivity contribution in [1.82, 2.24) is 14.5 Å². The van der Waals surface area contributed by atoms with Gasteiger partial charge in [0, 0.05) is 0 Å². The van der Waals surface area contributed by atoms with E-state index in [9.17, 15) is 4.79 Å². The molecule has 0 atom stereocenters. The number of fused-ring (bicyclic) bond motifs is 1. The fourth-order valence-electron chi connectivity index (χ4n) is 1.71. The molecule has 0 aliphatic heterocycles. The van der Waals surface area contributed by atoms with E-state index in [0.717, 1.165) is 21.7 Å². The lowest BCUT2D eigenvalue weighted by Gasteiger charge is -2.02. The van der Waals surface area contributed by atoms with Gasteiger partial charge in [0.05, 0.1) is 16.6 Å². The highest BCUT2D eigenvalue weighted by atomic mass is 32.1. The summed E-state index contributed by atoms with van der Waals surface area (Å²) < 4.78 is 2.43. The molecule has 0 N–H and O–H groups in total. The van der Waals surface area contributed by atoms with Crippen LogP contribution in [0.15, 0.2) is 41.3 Å². The number of benzene rings is 1. The number of nitrogens with zero attached hydrogens (tertiary/aromatic N) is 3. The van der Waals surface area contributed by atoms with Gasteiger partial charge in [-0.2, -0.15) is 0 Å². The lowest BCUT2D eigenvalue weighted by molar-refractivity contribution is 1.01. The molecule has 0 radical (unpaired) electrons. The van der Waals surface area contributed by atoms with Crippen LogP contribution in [-0.4, -0.2) is 14.5 Å². The molecule has 84 valence electrons. The topological polar surface area (TPSA) is 47.8 Å². The van der Waals surface area contributed by atoms with E-state index in [-0.39, 0.29) is 4.87 Å². The number of rotatable bonds is 1. The molecular formula is C12H9N3OS. The summed E-state index contributed by atoms with van der Waals surface area (Å²) >= 11 is 1.16. The number of aromatic nitrogens is 3. The Morgan fingerprint density at radius 2 is 2.00 bits per heavy atom. The summed E-state index contributed by atoms with van der Waals surface area (Å²) in [7, 11) is 0. The lowest BCUT2D eigenvalue weighted by Crippen LogP contribution is -2.10. The molecule has 17 heavy (non-hydrogen) atoms. The smallest absolute Gasteiger partial charge is 0.256 e. The highest BCUT2D eigenvalue weighted by Gasteiger charge is 2.10. The molecule has 0 saturated carbocycles. The molecule has 0 aliphatic rings. The van der Waals surface area contributed by atoms with Crippen molar-refractivity contribution in [2.75, 3.05) is 0 Å². The van der Waals surface area contributed by atoms with Crippen molar-refractivity contribution in [3.05, 3.63) is 52.0 Å². The van der Waals surface area contributed by atoms with E-state index in [0.29, 0.717) is 11.5 Å². The molecular weight excluding hydrogens is 234 g/mol. The second-order valence-corrected chi connectivity index (χ2v) is 4.64. The molecule has 2 heterocycles. The SMILES string of the molecule is Cc1ncc2sc(=O)n(-c3ccccc3)c2n1. The van der Waals surface area contributed by atoms with Gasteiger partial charge in [-0.05, 0) is 19.1 Å². The van der Waals surface area contributed by atoms with E-state index in [2.05, 4.69) is 9.97 Å². The van der Waals surface area contributed by atoms with Gasteiger partial charge in [0.15, 0.2) is 5.65 Å². The zero-order valence-electron chi connectivity index (χ0n) is 9.12. The Bertz CT molecular complexity index is 730. The van der Waals surface area contributed by atoms with Crippen LogP contribution >= 0.6 is 11.3 Å². The van der Waals surface area contributed by atoms with Crippen molar-refractivity contribution >= 4 is 21.7 Å². The number of hydrogen-bond acceptors (Lipinski definition) is 4. The lowest BCUT2D eigenvalue weighted by atomic mass is 10.3. The number of para-hydroxylation sites is 1. The largest absolute Gasteiger partial charge is 0.314 e. The van der Waals surface area contributed by atoms with Crippen molar-refractivity contribution < 1.29 is 0 Å². The van der Waals surface area contributed by atoms with Gasteiger partial charge < -0.3 is 0 Å². The van der Waals surface area contributed by atoms with Crippen molar-refractivity contribution in [2.24, 2.45) is 0 Å². The Morgan fingerprint density at radius 3 is 2.76 bits per heavy atom. The summed E-state index contributed by atoms with van der Waals surface area (Å²) in [5.41, 5.74) is 1.51. The predicted molar refractivity (Wildman–Crippen MR) is 67.7 cm³/mol. The molecule has 2 aromatic heterocycles. The minimum absolute atomic E-state index is 0.0360. The second-order valence-electron chi connectivity index (χ2n) is 3.64. The molecule has 0 saturated heterocycles. The Balaban J connectivity index is 2.40. The zero-order chi connectivity index (χ0) is 11.8. The monoisotopic (exact) mass is 243 g/mol. The van der Waals surface area contributed by atoms with E-state index in [1.165, 1.54) is 0 Å². The van der Waals surface area contributed by atoms with Gasteiger partial charge >= 0.3 is 4.87 Å². The van der Waals surface area contributed by atoms with E-state index >= 15 is 0 Å². The van der Waals surface area contributed by atoms with Gasteiger partial charge in [0.1, 0.15) is 5.82 Å². The van der Waals surface area contributed by atoms with Crippen molar-refractivity contribution in [1.29, 1.82) is 0 Å². The third kappa shape index (κ3) is 1.64. The Hall–Kier alpha value is -2.01. The number of thiazole rings is 1. The molecule has 0 spiro atoms. The Morgan fingerprint density at radius 1 is 1.24 bits per heavy atom. The van der Waals surface area contributed by atoms with Crippen LogP contribution in [0.25, 0.3) is 16.0 Å². The van der Waals surface area contributed by atoms with Gasteiger partial charge in [-0.15, -0.1) is 0 Å². The van der Waals surface area contributed by atoms with Crippen LogP contribution in [0.1, 0.15) is 5.82 Å². The fraction of sp³-hybridized carbons (Fsp3) is 0.0833. The van der Waals surface area contributed by atoms with Crippen molar-refractivity contribution in [3.63, 3.8) is 0 Å². The summed E-state index contributed by atoms with van der Waals surface area (Å²) in [6.07, 6.45) is 1.70. The van der Waals surface area contributed by atoms with Gasteiger partial charge in [-0.25, -0.2) is 9.97 Å². The minimum atomic E-state index is -0.0360. The fourth-order valence-corrected chi connectivity index (χ4v) is 2.52. The Labute approximate surface area is 101 Å². The van der Waals surface area contributed by atoms with Crippen LogP contribution in [0, 0.1) is 6.92 Å². The average Bonchev–Trinajstić information content (AvgIpc) is 2.65. The highest BCUT2D eigenvalue weighted by Crippen LogP contribution is 2.17. The van der Waals surface area contributed by atoms with Crippen LogP contribution in [-0.2, 0) is 0 Å². The molecule has 4 nitrogen and oxygen atoms in total. The van der Waals surface area contributed by atoms with E-state index < -0.39 is 0 Å². The van der Waals surface area contributed by atoms with Crippen LogP contribution in [0.5, 0.6) is 0 Å². The minimum Gasteiger partial charge on any atom is -0.256 e. The first-order valence-electron chi connectivity index (χ1n) is 5.16. The van der Waals surface area contributed by atoms with Crippen LogP contribution in [0.2, 0.25) is 0 Å². The summed E-state index contributed by atoms with van der Waals surface area (Å²) in [5, 5.41) is 0. The maximum atomic E-state index is 12.0. The van der Waals surface area contributed by atoms with Crippen LogP contribution in [0.3, 0.4) is 0 Å². The number of hydrogen-bond donors (Lipinski definition) is 0. The van der Waals surface area contributed by atoms with Crippen molar-refractivity contribution in [2.45, 2.75) is 6.92 Å². The predicted octanol–water partition coefficient (Wildman–Crippen LogP) is 2.15. The van der Waals surface area contributed by atoms with Crippen LogP contribution < -0.4 is 4.87 Å². The molecule has 1 aromatic carbocycles. The molecule has 3 aromatic rings. The molecule has 5 heteroatoms. The molecule has 0 amide bonds. The van der Waals surface area contributed by atoms with Crippen LogP contribution in [0.4, 0.5) is 0 Å². The summed E-state index contributed by atoms with van der Waals surface area (Å²) in [5.74, 6) is 0.667. The standard InChI is InChI=1S/C12H9N3OS/c1-8-13-7-10-11(14-8)15(12(16)17-10)9-5-3-2-4-6-9/h2-7H,1H3. The van der Waals surface area contributed by atoms with Gasteiger partial charge in [-0.1, -0.05) is 29.5 Å². The third-order valence-electron chi connectivity index (χ3n) is 2.46. The van der Waals surface area contributed by atoms with E-state index in [4.69, 9.17) is 0 Å². The maximum absolute atomic E-state index is 12.0. The third-order valence-corrected chi connectivity index (χ3v) is 3.33. The Kier molecular flexibility index (Phi) is 2.26.